The second-order valence-corrected chi connectivity index (χ2v) is 5.62. The van der Waals surface area contributed by atoms with Gasteiger partial charge < -0.3 is 14.7 Å². The van der Waals surface area contributed by atoms with E-state index in [9.17, 15) is 4.79 Å². The van der Waals surface area contributed by atoms with Gasteiger partial charge in [0, 0.05) is 37.8 Å². The molecule has 0 bridgehead atoms. The number of fused-ring (bicyclic) bond motifs is 1. The first-order chi connectivity index (χ1) is 10.6. The molecule has 2 amide bonds. The van der Waals surface area contributed by atoms with Crippen LogP contribution in [-0.2, 0) is 0 Å². The summed E-state index contributed by atoms with van der Waals surface area (Å²) in [6.45, 7) is 3.38. The summed E-state index contributed by atoms with van der Waals surface area (Å²) in [6.07, 6.45) is 1.02. The highest BCUT2D eigenvalue weighted by Gasteiger charge is 2.23. The molecule has 1 aromatic carbocycles. The molecule has 2 aromatic rings. The molecule has 2 N–H and O–H groups in total. The molecule has 6 heteroatoms. The first-order valence-corrected chi connectivity index (χ1v) is 7.41. The average Bonchev–Trinajstić information content (AvgIpc) is 2.92. The minimum absolute atomic E-state index is 0.260. The zero-order valence-electron chi connectivity index (χ0n) is 12.8. The topological polar surface area (TPSA) is 70.4 Å². The number of carbonyl (C=O) groups is 1. The molecule has 1 unspecified atom stereocenters. The van der Waals surface area contributed by atoms with E-state index < -0.39 is 0 Å². The Morgan fingerprint density at radius 2 is 2.27 bits per heavy atom. The summed E-state index contributed by atoms with van der Waals surface area (Å²) >= 11 is 0. The maximum atomic E-state index is 11.9. The number of nitrogens with one attached hydrogen (secondary N) is 2. The molecule has 0 saturated heterocycles. The summed E-state index contributed by atoms with van der Waals surface area (Å²) in [5.74, 6) is 1.43. The molecule has 0 saturated carbocycles. The van der Waals surface area contributed by atoms with Crippen LogP contribution in [0.4, 0.5) is 16.3 Å². The predicted octanol–water partition coefficient (Wildman–Crippen LogP) is 2.73. The van der Waals surface area contributed by atoms with Gasteiger partial charge in [-0.2, -0.15) is 0 Å². The van der Waals surface area contributed by atoms with Crippen LogP contribution in [0.1, 0.15) is 23.7 Å². The third kappa shape index (κ3) is 3.05. The molecule has 1 atom stereocenters. The number of amides is 2. The number of aryl methyl sites for hydroxylation is 1. The van der Waals surface area contributed by atoms with Crippen molar-refractivity contribution in [1.29, 1.82) is 0 Å². The highest BCUT2D eigenvalue weighted by Crippen LogP contribution is 2.33. The van der Waals surface area contributed by atoms with Crippen molar-refractivity contribution in [3.63, 3.8) is 0 Å². The zero-order chi connectivity index (χ0) is 15.5. The van der Waals surface area contributed by atoms with Gasteiger partial charge in [0.05, 0.1) is 0 Å². The van der Waals surface area contributed by atoms with Crippen molar-refractivity contribution in [3.05, 3.63) is 41.7 Å². The number of rotatable bonds is 3. The number of urea groups is 1. The van der Waals surface area contributed by atoms with Crippen LogP contribution in [0.2, 0.25) is 0 Å². The first kappa shape index (κ1) is 14.4. The summed E-state index contributed by atoms with van der Waals surface area (Å²) in [4.78, 5) is 14.2. The van der Waals surface area contributed by atoms with Crippen molar-refractivity contribution in [2.75, 3.05) is 30.4 Å². The number of hydrogen-bond donors (Lipinski definition) is 2. The highest BCUT2D eigenvalue weighted by atomic mass is 16.5. The van der Waals surface area contributed by atoms with E-state index >= 15 is 0 Å². The van der Waals surface area contributed by atoms with Crippen molar-refractivity contribution in [2.24, 2.45) is 0 Å². The normalized spacial score (nSPS) is 17.0. The SMILES string of the molecule is Cc1cc(NC(=O)NCC2CCN(C)c3ccccc32)no1. The van der Waals surface area contributed by atoms with Gasteiger partial charge in [-0.25, -0.2) is 4.79 Å². The summed E-state index contributed by atoms with van der Waals surface area (Å²) in [5, 5.41) is 9.33. The Kier molecular flexibility index (Phi) is 4.00. The Bertz CT molecular complexity index is 668. The predicted molar refractivity (Wildman–Crippen MR) is 85.3 cm³/mol. The number of hydrogen-bond acceptors (Lipinski definition) is 4. The standard InChI is InChI=1S/C16H20N4O2/c1-11-9-15(19-22-11)18-16(21)17-10-12-7-8-20(2)14-6-4-3-5-13(12)14/h3-6,9,12H,7-8,10H2,1-2H3,(H2,17,18,19,21). The van der Waals surface area contributed by atoms with Crippen molar-refractivity contribution in [3.8, 4) is 0 Å². The number of para-hydroxylation sites is 1. The van der Waals surface area contributed by atoms with Crippen LogP contribution in [0.5, 0.6) is 0 Å². The van der Waals surface area contributed by atoms with Gasteiger partial charge in [0.15, 0.2) is 5.82 Å². The molecule has 22 heavy (non-hydrogen) atoms. The molecule has 1 aromatic heterocycles. The molecule has 1 aliphatic rings. The maximum Gasteiger partial charge on any atom is 0.320 e. The summed E-state index contributed by atoms with van der Waals surface area (Å²) in [6, 6.07) is 9.78. The summed E-state index contributed by atoms with van der Waals surface area (Å²) < 4.78 is 4.92. The Balaban J connectivity index is 1.60. The van der Waals surface area contributed by atoms with E-state index in [-0.39, 0.29) is 6.03 Å². The number of nitrogens with zero attached hydrogens (tertiary/aromatic N) is 2. The van der Waals surface area contributed by atoms with Crippen molar-refractivity contribution in [1.82, 2.24) is 10.5 Å². The lowest BCUT2D eigenvalue weighted by Gasteiger charge is -2.33. The Morgan fingerprint density at radius 3 is 3.05 bits per heavy atom. The third-order valence-electron chi connectivity index (χ3n) is 3.98. The van der Waals surface area contributed by atoms with Crippen LogP contribution in [0.15, 0.2) is 34.9 Å². The Labute approximate surface area is 129 Å². The fraction of sp³-hybridized carbons (Fsp3) is 0.375. The minimum Gasteiger partial charge on any atom is -0.374 e. The third-order valence-corrected chi connectivity index (χ3v) is 3.98. The quantitative estimate of drug-likeness (QED) is 0.914. The van der Waals surface area contributed by atoms with E-state index in [1.165, 1.54) is 11.3 Å². The van der Waals surface area contributed by atoms with Gasteiger partial charge in [-0.1, -0.05) is 23.4 Å². The molecular formula is C16H20N4O2. The lowest BCUT2D eigenvalue weighted by Crippen LogP contribution is -2.36. The lowest BCUT2D eigenvalue weighted by molar-refractivity contribution is 0.251. The van der Waals surface area contributed by atoms with Crippen LogP contribution in [-0.4, -0.2) is 31.3 Å². The largest absolute Gasteiger partial charge is 0.374 e. The number of benzene rings is 1. The van der Waals surface area contributed by atoms with Crippen molar-refractivity contribution >= 4 is 17.5 Å². The van der Waals surface area contributed by atoms with Crippen LogP contribution in [0, 0.1) is 6.92 Å². The molecule has 0 fully saturated rings. The van der Waals surface area contributed by atoms with Crippen LogP contribution >= 0.6 is 0 Å². The smallest absolute Gasteiger partial charge is 0.320 e. The number of anilines is 2. The molecule has 6 nitrogen and oxygen atoms in total. The zero-order valence-corrected chi connectivity index (χ0v) is 12.8. The molecule has 116 valence electrons. The fourth-order valence-corrected chi connectivity index (χ4v) is 2.82. The first-order valence-electron chi connectivity index (χ1n) is 7.41. The van der Waals surface area contributed by atoms with E-state index in [2.05, 4.69) is 39.9 Å². The minimum atomic E-state index is -0.260. The van der Waals surface area contributed by atoms with Gasteiger partial charge >= 0.3 is 6.03 Å². The van der Waals surface area contributed by atoms with Gasteiger partial charge in [-0.15, -0.1) is 0 Å². The van der Waals surface area contributed by atoms with Gasteiger partial charge in [-0.05, 0) is 25.0 Å². The van der Waals surface area contributed by atoms with Crippen molar-refractivity contribution < 1.29 is 9.32 Å². The second-order valence-electron chi connectivity index (χ2n) is 5.62. The number of carbonyl (C=O) groups excluding carboxylic acids is 1. The van der Waals surface area contributed by atoms with Crippen LogP contribution in [0.25, 0.3) is 0 Å². The van der Waals surface area contributed by atoms with E-state index in [0.717, 1.165) is 13.0 Å². The van der Waals surface area contributed by atoms with Crippen LogP contribution < -0.4 is 15.5 Å². The number of aromatic nitrogens is 1. The molecule has 0 radical (unpaired) electrons. The summed E-state index contributed by atoms with van der Waals surface area (Å²) in [5.41, 5.74) is 2.53. The van der Waals surface area contributed by atoms with E-state index in [1.54, 1.807) is 13.0 Å². The van der Waals surface area contributed by atoms with E-state index in [4.69, 9.17) is 4.52 Å². The molecule has 2 heterocycles. The molecule has 3 rings (SSSR count). The maximum absolute atomic E-state index is 11.9. The fourth-order valence-electron chi connectivity index (χ4n) is 2.82. The van der Waals surface area contributed by atoms with Gasteiger partial charge in [-0.3, -0.25) is 5.32 Å². The summed E-state index contributed by atoms with van der Waals surface area (Å²) in [7, 11) is 2.10. The molecule has 0 spiro atoms. The molecular weight excluding hydrogens is 280 g/mol. The molecule has 0 aliphatic carbocycles. The Hall–Kier alpha value is -2.50. The Morgan fingerprint density at radius 1 is 1.45 bits per heavy atom. The van der Waals surface area contributed by atoms with E-state index in [0.29, 0.717) is 24.0 Å². The van der Waals surface area contributed by atoms with Gasteiger partial charge in [0.2, 0.25) is 0 Å². The lowest BCUT2D eigenvalue weighted by atomic mass is 9.90. The van der Waals surface area contributed by atoms with Crippen molar-refractivity contribution in [2.45, 2.75) is 19.3 Å². The second kappa shape index (κ2) is 6.09. The van der Waals surface area contributed by atoms with E-state index in [1.807, 2.05) is 12.1 Å². The van der Waals surface area contributed by atoms with Crippen LogP contribution in [0.3, 0.4) is 0 Å². The highest BCUT2D eigenvalue weighted by molar-refractivity contribution is 5.88. The van der Waals surface area contributed by atoms with Gasteiger partial charge in [0.25, 0.3) is 0 Å². The monoisotopic (exact) mass is 300 g/mol. The molecule has 1 aliphatic heterocycles. The average molecular weight is 300 g/mol. The van der Waals surface area contributed by atoms with Gasteiger partial charge in [0.1, 0.15) is 5.76 Å².